The summed E-state index contributed by atoms with van der Waals surface area (Å²) in [5.41, 5.74) is 2.61. The van der Waals surface area contributed by atoms with Crippen LogP contribution in [0.25, 0.3) is 0 Å². The van der Waals surface area contributed by atoms with Gasteiger partial charge < -0.3 is 9.32 Å². The fourth-order valence-electron chi connectivity index (χ4n) is 2.60. The lowest BCUT2D eigenvalue weighted by Crippen LogP contribution is -2.35. The van der Waals surface area contributed by atoms with Crippen molar-refractivity contribution in [2.24, 2.45) is 0 Å². The van der Waals surface area contributed by atoms with E-state index in [1.54, 1.807) is 36.1 Å². The standard InChI is InChI=1S/C16H18N2O4S/c1-2-23(20,21)17-14-6-5-12-7-8-18(11-13(12)10-14)16(19)15-4-3-9-22-15/h3-6,9-10,17H,2,7-8,11H2,1H3. The number of fused-ring (bicyclic) bond motifs is 1. The Morgan fingerprint density at radius 3 is 2.83 bits per heavy atom. The van der Waals surface area contributed by atoms with Gasteiger partial charge in [0.1, 0.15) is 0 Å². The molecule has 3 rings (SSSR count). The molecular formula is C16H18N2O4S. The molecule has 23 heavy (non-hydrogen) atoms. The van der Waals surface area contributed by atoms with Crippen LogP contribution >= 0.6 is 0 Å². The summed E-state index contributed by atoms with van der Waals surface area (Å²) < 4.78 is 31.1. The van der Waals surface area contributed by atoms with Gasteiger partial charge in [-0.3, -0.25) is 9.52 Å². The smallest absolute Gasteiger partial charge is 0.289 e. The van der Waals surface area contributed by atoms with Crippen LogP contribution in [0.4, 0.5) is 5.69 Å². The zero-order valence-corrected chi connectivity index (χ0v) is 13.6. The number of hydrogen-bond acceptors (Lipinski definition) is 4. The second-order valence-electron chi connectivity index (χ2n) is 5.44. The summed E-state index contributed by atoms with van der Waals surface area (Å²) >= 11 is 0. The highest BCUT2D eigenvalue weighted by Gasteiger charge is 2.23. The summed E-state index contributed by atoms with van der Waals surface area (Å²) in [5, 5.41) is 0. The van der Waals surface area contributed by atoms with E-state index in [9.17, 15) is 13.2 Å². The minimum absolute atomic E-state index is 0.0210. The molecule has 0 bridgehead atoms. The quantitative estimate of drug-likeness (QED) is 0.930. The molecule has 0 fully saturated rings. The van der Waals surface area contributed by atoms with Crippen LogP contribution in [0.2, 0.25) is 0 Å². The van der Waals surface area contributed by atoms with E-state index in [4.69, 9.17) is 4.42 Å². The van der Waals surface area contributed by atoms with Crippen LogP contribution in [0.3, 0.4) is 0 Å². The minimum Gasteiger partial charge on any atom is -0.459 e. The first kappa shape index (κ1) is 15.6. The highest BCUT2D eigenvalue weighted by Crippen LogP contribution is 2.24. The Morgan fingerprint density at radius 2 is 2.13 bits per heavy atom. The molecular weight excluding hydrogens is 316 g/mol. The maximum absolute atomic E-state index is 12.4. The fraction of sp³-hybridized carbons (Fsp3) is 0.312. The first-order valence-corrected chi connectivity index (χ1v) is 9.09. The molecule has 2 heterocycles. The number of sulfonamides is 1. The number of furan rings is 1. The molecule has 0 radical (unpaired) electrons. The Hall–Kier alpha value is -2.28. The molecule has 0 spiro atoms. The lowest BCUT2D eigenvalue weighted by atomic mass is 9.99. The van der Waals surface area contributed by atoms with Crippen LogP contribution in [-0.2, 0) is 23.0 Å². The van der Waals surface area contributed by atoms with E-state index in [-0.39, 0.29) is 11.7 Å². The molecule has 7 heteroatoms. The Morgan fingerprint density at radius 1 is 1.30 bits per heavy atom. The van der Waals surface area contributed by atoms with Crippen LogP contribution in [0.5, 0.6) is 0 Å². The van der Waals surface area contributed by atoms with Crippen LogP contribution in [0.1, 0.15) is 28.6 Å². The third-order valence-corrected chi connectivity index (χ3v) is 5.20. The highest BCUT2D eigenvalue weighted by molar-refractivity contribution is 7.92. The Balaban J connectivity index is 1.80. The monoisotopic (exact) mass is 334 g/mol. The van der Waals surface area contributed by atoms with Gasteiger partial charge in [-0.1, -0.05) is 6.07 Å². The van der Waals surface area contributed by atoms with Gasteiger partial charge in [-0.05, 0) is 48.7 Å². The van der Waals surface area contributed by atoms with E-state index in [1.807, 2.05) is 6.07 Å². The lowest BCUT2D eigenvalue weighted by molar-refractivity contribution is 0.0702. The number of carbonyl (C=O) groups is 1. The van der Waals surface area contributed by atoms with E-state index >= 15 is 0 Å². The molecule has 2 aromatic rings. The SMILES string of the molecule is CCS(=O)(=O)Nc1ccc2c(c1)CN(C(=O)c1ccco1)CC2. The molecule has 1 aliphatic heterocycles. The van der Waals surface area contributed by atoms with E-state index in [2.05, 4.69) is 4.72 Å². The zero-order chi connectivity index (χ0) is 16.4. The summed E-state index contributed by atoms with van der Waals surface area (Å²) in [4.78, 5) is 14.1. The maximum atomic E-state index is 12.4. The van der Waals surface area contributed by atoms with Gasteiger partial charge >= 0.3 is 0 Å². The largest absolute Gasteiger partial charge is 0.459 e. The molecule has 1 aromatic heterocycles. The second-order valence-corrected chi connectivity index (χ2v) is 7.45. The lowest BCUT2D eigenvalue weighted by Gasteiger charge is -2.28. The molecule has 0 saturated heterocycles. The third kappa shape index (κ3) is 3.39. The number of rotatable bonds is 4. The molecule has 6 nitrogen and oxygen atoms in total. The van der Waals surface area contributed by atoms with Gasteiger partial charge in [0.15, 0.2) is 5.76 Å². The molecule has 1 aliphatic rings. The molecule has 0 atom stereocenters. The van der Waals surface area contributed by atoms with Crippen molar-refractivity contribution in [3.05, 3.63) is 53.5 Å². The summed E-state index contributed by atoms with van der Waals surface area (Å²) in [6.45, 7) is 2.65. The molecule has 0 unspecified atom stereocenters. The predicted molar refractivity (Wildman–Crippen MR) is 86.7 cm³/mol. The molecule has 0 saturated carbocycles. The number of benzene rings is 1. The van der Waals surface area contributed by atoms with E-state index in [0.717, 1.165) is 17.5 Å². The van der Waals surface area contributed by atoms with Gasteiger partial charge in [0.05, 0.1) is 12.0 Å². The van der Waals surface area contributed by atoms with Crippen molar-refractivity contribution in [1.29, 1.82) is 0 Å². The molecule has 1 aromatic carbocycles. The van der Waals surface area contributed by atoms with Gasteiger partial charge in [-0.2, -0.15) is 0 Å². The van der Waals surface area contributed by atoms with E-state index in [1.165, 1.54) is 6.26 Å². The topological polar surface area (TPSA) is 79.6 Å². The van der Waals surface area contributed by atoms with Crippen LogP contribution < -0.4 is 4.72 Å². The maximum Gasteiger partial charge on any atom is 0.289 e. The number of hydrogen-bond donors (Lipinski definition) is 1. The van der Waals surface area contributed by atoms with Crippen molar-refractivity contribution in [2.45, 2.75) is 19.9 Å². The molecule has 1 N–H and O–H groups in total. The van der Waals surface area contributed by atoms with E-state index in [0.29, 0.717) is 24.5 Å². The predicted octanol–water partition coefficient (Wildman–Crippen LogP) is 2.24. The van der Waals surface area contributed by atoms with Crippen molar-refractivity contribution >= 4 is 21.6 Å². The van der Waals surface area contributed by atoms with Crippen LogP contribution in [0, 0.1) is 0 Å². The Labute approximate surface area is 135 Å². The zero-order valence-electron chi connectivity index (χ0n) is 12.8. The van der Waals surface area contributed by atoms with Gasteiger partial charge in [0.25, 0.3) is 5.91 Å². The summed E-state index contributed by atoms with van der Waals surface area (Å²) in [6, 6.07) is 8.80. The van der Waals surface area contributed by atoms with Crippen LogP contribution in [-0.4, -0.2) is 31.5 Å². The average molecular weight is 334 g/mol. The second kappa shape index (κ2) is 6.08. The Bertz CT molecular complexity index is 813. The summed E-state index contributed by atoms with van der Waals surface area (Å²) in [7, 11) is -3.31. The van der Waals surface area contributed by atoms with Crippen LogP contribution in [0.15, 0.2) is 41.0 Å². The first-order chi connectivity index (χ1) is 11.0. The number of nitrogens with one attached hydrogen (secondary N) is 1. The molecule has 122 valence electrons. The van der Waals surface area contributed by atoms with Gasteiger partial charge in [0, 0.05) is 18.8 Å². The number of anilines is 1. The molecule has 0 aliphatic carbocycles. The summed E-state index contributed by atoms with van der Waals surface area (Å²) in [6.07, 6.45) is 2.21. The summed E-state index contributed by atoms with van der Waals surface area (Å²) in [5.74, 6) is 0.184. The van der Waals surface area contributed by atoms with Crippen molar-refractivity contribution in [3.8, 4) is 0 Å². The Kier molecular flexibility index (Phi) is 4.12. The third-order valence-electron chi connectivity index (χ3n) is 3.89. The minimum atomic E-state index is -3.31. The highest BCUT2D eigenvalue weighted by atomic mass is 32.2. The number of carbonyl (C=O) groups excluding carboxylic acids is 1. The first-order valence-electron chi connectivity index (χ1n) is 7.43. The van der Waals surface area contributed by atoms with Crippen molar-refractivity contribution in [2.75, 3.05) is 17.0 Å². The van der Waals surface area contributed by atoms with Gasteiger partial charge in [-0.25, -0.2) is 8.42 Å². The number of amides is 1. The van der Waals surface area contributed by atoms with Gasteiger partial charge in [0.2, 0.25) is 10.0 Å². The number of nitrogens with zero attached hydrogens (tertiary/aromatic N) is 1. The average Bonchev–Trinajstić information content (AvgIpc) is 3.07. The normalized spacial score (nSPS) is 14.4. The van der Waals surface area contributed by atoms with Crippen molar-refractivity contribution in [1.82, 2.24) is 4.90 Å². The van der Waals surface area contributed by atoms with Crippen molar-refractivity contribution < 1.29 is 17.6 Å². The molecule has 1 amide bonds. The van der Waals surface area contributed by atoms with Gasteiger partial charge in [-0.15, -0.1) is 0 Å². The van der Waals surface area contributed by atoms with E-state index < -0.39 is 10.0 Å². The van der Waals surface area contributed by atoms with Crippen molar-refractivity contribution in [3.63, 3.8) is 0 Å². The fourth-order valence-corrected chi connectivity index (χ4v) is 3.23.